The van der Waals surface area contributed by atoms with Crippen LogP contribution in [0.2, 0.25) is 0 Å². The molecule has 0 unspecified atom stereocenters. The van der Waals surface area contributed by atoms with E-state index in [4.69, 9.17) is 9.47 Å². The van der Waals surface area contributed by atoms with Gasteiger partial charge in [0.25, 0.3) is 5.91 Å². The molecule has 6 nitrogen and oxygen atoms in total. The highest BCUT2D eigenvalue weighted by molar-refractivity contribution is 9.09. The van der Waals surface area contributed by atoms with Crippen LogP contribution in [0.15, 0.2) is 35.2 Å². The zero-order chi connectivity index (χ0) is 19.7. The lowest BCUT2D eigenvalue weighted by Gasteiger charge is -2.18. The topological polar surface area (TPSA) is 67.9 Å². The molecule has 1 atom stereocenters. The van der Waals surface area contributed by atoms with Crippen molar-refractivity contribution >= 4 is 50.3 Å². The Morgan fingerprint density at radius 1 is 1.32 bits per heavy atom. The zero-order valence-corrected chi connectivity index (χ0v) is 17.6. The van der Waals surface area contributed by atoms with E-state index in [1.807, 2.05) is 16.8 Å². The first-order valence-corrected chi connectivity index (χ1v) is 11.0. The van der Waals surface area contributed by atoms with E-state index in [1.54, 1.807) is 29.7 Å². The first-order chi connectivity index (χ1) is 13.6. The molecule has 2 aliphatic rings. The van der Waals surface area contributed by atoms with Gasteiger partial charge in [0.1, 0.15) is 6.04 Å². The smallest absolute Gasteiger partial charge is 0.260 e. The number of hydrogen-bond acceptors (Lipinski definition) is 5. The molecule has 0 radical (unpaired) electrons. The first kappa shape index (κ1) is 19.0. The number of benzene rings is 1. The monoisotopic (exact) mass is 462 g/mol. The van der Waals surface area contributed by atoms with Crippen molar-refractivity contribution in [3.63, 3.8) is 0 Å². The molecular weight excluding hydrogens is 444 g/mol. The Balaban J connectivity index is 1.70. The van der Waals surface area contributed by atoms with Crippen LogP contribution in [0, 0.1) is 0 Å². The Morgan fingerprint density at radius 2 is 2.18 bits per heavy atom. The third-order valence-corrected chi connectivity index (χ3v) is 6.04. The molecule has 2 amide bonds. The quantitative estimate of drug-likeness (QED) is 0.517. The Morgan fingerprint density at radius 3 is 2.89 bits per heavy atom. The summed E-state index contributed by atoms with van der Waals surface area (Å²) in [5.41, 5.74) is 2.87. The average molecular weight is 463 g/mol. The van der Waals surface area contributed by atoms with Gasteiger partial charge in [0.05, 0.1) is 25.0 Å². The van der Waals surface area contributed by atoms with Crippen LogP contribution in [0.1, 0.15) is 28.8 Å². The number of halogens is 1. The predicted molar refractivity (Wildman–Crippen MR) is 112 cm³/mol. The van der Waals surface area contributed by atoms with Gasteiger partial charge < -0.3 is 19.7 Å². The SMILES string of the molecule is COc1cc2c(cc1OCCCBr)NC(=O)[C@@H]1CC(c3ccsc3)=CN1C2=O. The summed E-state index contributed by atoms with van der Waals surface area (Å²) in [6.45, 7) is 0.504. The van der Waals surface area contributed by atoms with Crippen LogP contribution in [0.3, 0.4) is 0 Å². The fourth-order valence-corrected chi connectivity index (χ4v) is 4.29. The van der Waals surface area contributed by atoms with E-state index in [0.29, 0.717) is 35.8 Å². The number of rotatable bonds is 6. The second-order valence-electron chi connectivity index (χ2n) is 6.53. The summed E-state index contributed by atoms with van der Waals surface area (Å²) >= 11 is 4.96. The second-order valence-corrected chi connectivity index (χ2v) is 8.10. The van der Waals surface area contributed by atoms with Crippen LogP contribution < -0.4 is 14.8 Å². The van der Waals surface area contributed by atoms with E-state index in [-0.39, 0.29) is 11.8 Å². The molecule has 0 spiro atoms. The summed E-state index contributed by atoms with van der Waals surface area (Å²) < 4.78 is 11.2. The molecule has 4 rings (SSSR count). The highest BCUT2D eigenvalue weighted by Crippen LogP contribution is 2.39. The lowest BCUT2D eigenvalue weighted by atomic mass is 10.1. The number of nitrogens with zero attached hydrogens (tertiary/aromatic N) is 1. The molecule has 1 aromatic heterocycles. The van der Waals surface area contributed by atoms with Crippen molar-refractivity contribution in [3.8, 4) is 11.5 Å². The van der Waals surface area contributed by atoms with Crippen molar-refractivity contribution < 1.29 is 19.1 Å². The van der Waals surface area contributed by atoms with Gasteiger partial charge in [-0.1, -0.05) is 15.9 Å². The zero-order valence-electron chi connectivity index (χ0n) is 15.2. The molecule has 0 fully saturated rings. The summed E-state index contributed by atoms with van der Waals surface area (Å²) in [6.07, 6.45) is 3.11. The fourth-order valence-electron chi connectivity index (χ4n) is 3.38. The van der Waals surface area contributed by atoms with Gasteiger partial charge in [-0.25, -0.2) is 0 Å². The number of ether oxygens (including phenoxy) is 2. The number of methoxy groups -OCH3 is 1. The molecule has 1 aromatic carbocycles. The minimum Gasteiger partial charge on any atom is -0.493 e. The van der Waals surface area contributed by atoms with E-state index < -0.39 is 6.04 Å². The van der Waals surface area contributed by atoms with E-state index >= 15 is 0 Å². The highest BCUT2D eigenvalue weighted by Gasteiger charge is 2.39. The molecule has 146 valence electrons. The lowest BCUT2D eigenvalue weighted by Crippen LogP contribution is -2.38. The first-order valence-electron chi connectivity index (χ1n) is 8.90. The second kappa shape index (κ2) is 7.97. The van der Waals surface area contributed by atoms with E-state index in [9.17, 15) is 9.59 Å². The maximum absolute atomic E-state index is 13.2. The van der Waals surface area contributed by atoms with Gasteiger partial charge in [-0.05, 0) is 40.5 Å². The third kappa shape index (κ3) is 3.42. The Bertz CT molecular complexity index is 942. The lowest BCUT2D eigenvalue weighted by molar-refractivity contribution is -0.119. The molecule has 2 aliphatic heterocycles. The Kier molecular flexibility index (Phi) is 5.41. The number of nitrogens with one attached hydrogen (secondary N) is 1. The minimum absolute atomic E-state index is 0.204. The summed E-state index contributed by atoms with van der Waals surface area (Å²) in [4.78, 5) is 27.6. The minimum atomic E-state index is -0.557. The number of hydrogen-bond donors (Lipinski definition) is 1. The van der Waals surface area contributed by atoms with Gasteiger partial charge in [0, 0.05) is 24.0 Å². The van der Waals surface area contributed by atoms with Gasteiger partial charge in [0.2, 0.25) is 5.91 Å². The van der Waals surface area contributed by atoms with Crippen LogP contribution in [0.25, 0.3) is 5.57 Å². The van der Waals surface area contributed by atoms with Gasteiger partial charge >= 0.3 is 0 Å². The fraction of sp³-hybridized carbons (Fsp3) is 0.300. The van der Waals surface area contributed by atoms with Gasteiger partial charge in [-0.3, -0.25) is 9.59 Å². The summed E-state index contributed by atoms with van der Waals surface area (Å²) in [5.74, 6) is 0.543. The van der Waals surface area contributed by atoms with Crippen LogP contribution in [-0.2, 0) is 4.79 Å². The number of fused-ring (bicyclic) bond motifs is 2. The molecule has 8 heteroatoms. The predicted octanol–water partition coefficient (Wildman–Crippen LogP) is 4.13. The van der Waals surface area contributed by atoms with Crippen LogP contribution >= 0.6 is 27.3 Å². The van der Waals surface area contributed by atoms with Gasteiger partial charge in [-0.15, -0.1) is 0 Å². The summed E-state index contributed by atoms with van der Waals surface area (Å²) in [5, 5.41) is 7.73. The molecule has 0 saturated heterocycles. The molecule has 0 aliphatic carbocycles. The van der Waals surface area contributed by atoms with E-state index in [2.05, 4.69) is 21.2 Å². The number of carbonyl (C=O) groups is 2. The number of thiophene rings is 1. The molecule has 2 aromatic rings. The normalized spacial score (nSPS) is 18.1. The molecule has 0 saturated carbocycles. The maximum Gasteiger partial charge on any atom is 0.260 e. The number of anilines is 1. The van der Waals surface area contributed by atoms with Crippen molar-refractivity contribution in [3.05, 3.63) is 46.3 Å². The highest BCUT2D eigenvalue weighted by atomic mass is 79.9. The molecule has 0 bridgehead atoms. The van der Waals surface area contributed by atoms with Crippen molar-refractivity contribution in [1.82, 2.24) is 4.90 Å². The average Bonchev–Trinajstić information content (AvgIpc) is 3.36. The molecule has 28 heavy (non-hydrogen) atoms. The van der Waals surface area contributed by atoms with Crippen LogP contribution in [0.4, 0.5) is 5.69 Å². The summed E-state index contributed by atoms with van der Waals surface area (Å²) in [6, 6.07) is 4.75. The maximum atomic E-state index is 13.2. The largest absolute Gasteiger partial charge is 0.493 e. The van der Waals surface area contributed by atoms with Crippen molar-refractivity contribution in [2.75, 3.05) is 24.4 Å². The van der Waals surface area contributed by atoms with Gasteiger partial charge in [-0.2, -0.15) is 11.3 Å². The number of amides is 2. The Hall–Kier alpha value is -2.32. The van der Waals surface area contributed by atoms with E-state index in [1.165, 1.54) is 12.0 Å². The molecular formula is C20H19BrN2O4S. The van der Waals surface area contributed by atoms with Crippen molar-refractivity contribution in [1.29, 1.82) is 0 Å². The number of alkyl halides is 1. The Labute approximate surface area is 175 Å². The van der Waals surface area contributed by atoms with Crippen molar-refractivity contribution in [2.45, 2.75) is 18.9 Å². The van der Waals surface area contributed by atoms with Crippen molar-refractivity contribution in [2.24, 2.45) is 0 Å². The number of carbonyl (C=O) groups excluding carboxylic acids is 2. The standard InChI is InChI=1S/C20H19BrN2O4S/c1-26-17-8-14-15(9-18(17)27-5-2-4-21)22-19(24)16-7-13(10-23(16)20(14)25)12-3-6-28-11-12/h3,6,8-11,16H,2,4-5,7H2,1H3,(H,22,24)/t16-/m0/s1. The van der Waals surface area contributed by atoms with Crippen LogP contribution in [-0.4, -0.2) is 41.8 Å². The van der Waals surface area contributed by atoms with E-state index in [0.717, 1.165) is 22.9 Å². The van der Waals surface area contributed by atoms with Crippen LogP contribution in [0.5, 0.6) is 11.5 Å². The third-order valence-electron chi connectivity index (χ3n) is 4.80. The molecule has 3 heterocycles. The molecule has 1 N–H and O–H groups in total. The summed E-state index contributed by atoms with van der Waals surface area (Å²) in [7, 11) is 1.53. The van der Waals surface area contributed by atoms with Gasteiger partial charge in [0.15, 0.2) is 11.5 Å².